The molecule has 5 rings (SSSR count). The minimum Gasteiger partial charge on any atom is -0.490 e. The molecule has 8 heteroatoms. The Morgan fingerprint density at radius 1 is 1.10 bits per heavy atom. The zero-order valence-corrected chi connectivity index (χ0v) is 16.0. The average Bonchev–Trinajstić information content (AvgIpc) is 3.24. The van der Waals surface area contributed by atoms with Gasteiger partial charge in [0.2, 0.25) is 0 Å². The predicted octanol–water partition coefficient (Wildman–Crippen LogP) is 3.51. The first-order valence-electron chi connectivity index (χ1n) is 9.84. The number of hydrogen-bond donors (Lipinski definition) is 0. The lowest BCUT2D eigenvalue weighted by atomic mass is 9.89. The second-order valence-corrected chi connectivity index (χ2v) is 7.77. The summed E-state index contributed by atoms with van der Waals surface area (Å²) in [6.45, 7) is 0. The monoisotopic (exact) mass is 408 g/mol. The van der Waals surface area contributed by atoms with Gasteiger partial charge < -0.3 is 4.74 Å². The lowest BCUT2D eigenvalue weighted by Crippen LogP contribution is -2.41. The van der Waals surface area contributed by atoms with Crippen LogP contribution in [0.4, 0.5) is 8.78 Å². The second-order valence-electron chi connectivity index (χ2n) is 7.77. The highest BCUT2D eigenvalue weighted by molar-refractivity contribution is 5.34. The van der Waals surface area contributed by atoms with Crippen molar-refractivity contribution in [1.82, 2.24) is 14.3 Å². The molecule has 0 amide bonds. The Labute approximate surface area is 170 Å². The van der Waals surface area contributed by atoms with Crippen LogP contribution in [-0.2, 0) is 6.42 Å². The highest BCUT2D eigenvalue weighted by Crippen LogP contribution is 2.36. The van der Waals surface area contributed by atoms with Crippen molar-refractivity contribution in [3.8, 4) is 11.8 Å². The van der Waals surface area contributed by atoms with E-state index in [1.807, 2.05) is 0 Å². The molecule has 1 aromatic heterocycles. The van der Waals surface area contributed by atoms with Gasteiger partial charge in [-0.15, -0.1) is 0 Å². The largest absolute Gasteiger partial charge is 0.490 e. The molecule has 0 bridgehead atoms. The van der Waals surface area contributed by atoms with Crippen LogP contribution in [0.15, 0.2) is 47.3 Å². The molecule has 0 N–H and O–H groups in total. The van der Waals surface area contributed by atoms with E-state index in [2.05, 4.69) is 11.2 Å². The maximum atomic E-state index is 13.6. The fraction of sp³-hybridized carbons (Fsp3) is 0.318. The van der Waals surface area contributed by atoms with E-state index in [1.54, 1.807) is 28.8 Å². The number of aromatic nitrogens is 3. The van der Waals surface area contributed by atoms with E-state index in [-0.39, 0.29) is 17.8 Å². The summed E-state index contributed by atoms with van der Waals surface area (Å²) >= 11 is 0. The molecule has 1 atom stereocenters. The fourth-order valence-corrected chi connectivity index (χ4v) is 4.27. The summed E-state index contributed by atoms with van der Waals surface area (Å²) in [5, 5.41) is 13.3. The number of nitriles is 1. The van der Waals surface area contributed by atoms with E-state index in [0.29, 0.717) is 48.4 Å². The van der Waals surface area contributed by atoms with Gasteiger partial charge in [0.15, 0.2) is 0 Å². The van der Waals surface area contributed by atoms with Crippen molar-refractivity contribution in [2.45, 2.75) is 43.9 Å². The van der Waals surface area contributed by atoms with E-state index >= 15 is 0 Å². The zero-order valence-electron chi connectivity index (χ0n) is 16.0. The number of ether oxygens (including phenoxy) is 1. The Hall–Kier alpha value is -3.47. The summed E-state index contributed by atoms with van der Waals surface area (Å²) in [4.78, 5) is 13.0. The van der Waals surface area contributed by atoms with E-state index < -0.39 is 17.7 Å². The van der Waals surface area contributed by atoms with Gasteiger partial charge in [0.1, 0.15) is 29.3 Å². The van der Waals surface area contributed by atoms with Gasteiger partial charge in [-0.05, 0) is 48.4 Å². The molecule has 1 fully saturated rings. The first-order valence-corrected chi connectivity index (χ1v) is 9.84. The van der Waals surface area contributed by atoms with Crippen LogP contribution in [0, 0.1) is 23.0 Å². The molecule has 1 aliphatic carbocycles. The molecule has 0 unspecified atom stereocenters. The lowest BCUT2D eigenvalue weighted by molar-refractivity contribution is 0.0623. The maximum absolute atomic E-state index is 13.6. The number of rotatable bonds is 4. The van der Waals surface area contributed by atoms with Crippen molar-refractivity contribution in [3.63, 3.8) is 0 Å². The number of hydrogen-bond acceptors (Lipinski definition) is 4. The average molecular weight is 408 g/mol. The van der Waals surface area contributed by atoms with Gasteiger partial charge in [0.25, 0.3) is 0 Å². The van der Waals surface area contributed by atoms with Crippen molar-refractivity contribution < 1.29 is 13.5 Å². The van der Waals surface area contributed by atoms with Crippen LogP contribution in [0.1, 0.15) is 48.3 Å². The molecule has 30 heavy (non-hydrogen) atoms. The van der Waals surface area contributed by atoms with Crippen LogP contribution < -0.4 is 10.4 Å². The molecule has 1 aliphatic heterocycles. The number of halogens is 2. The summed E-state index contributed by atoms with van der Waals surface area (Å²) in [7, 11) is 0. The summed E-state index contributed by atoms with van der Waals surface area (Å²) in [6, 6.07) is 11.9. The number of benzene rings is 2. The lowest BCUT2D eigenvalue weighted by Gasteiger charge is -2.34. The van der Waals surface area contributed by atoms with Crippen LogP contribution in [0.25, 0.3) is 0 Å². The van der Waals surface area contributed by atoms with Crippen LogP contribution in [0.2, 0.25) is 0 Å². The van der Waals surface area contributed by atoms with Crippen molar-refractivity contribution >= 4 is 0 Å². The Morgan fingerprint density at radius 2 is 1.80 bits per heavy atom. The first-order chi connectivity index (χ1) is 14.5. The molecule has 0 radical (unpaired) electrons. The van der Waals surface area contributed by atoms with Crippen LogP contribution in [0.5, 0.6) is 5.75 Å². The van der Waals surface area contributed by atoms with Crippen molar-refractivity contribution in [2.24, 2.45) is 0 Å². The third-order valence-corrected chi connectivity index (χ3v) is 5.83. The minimum absolute atomic E-state index is 0.0283. The smallest absolute Gasteiger partial charge is 0.346 e. The molecule has 3 aromatic rings. The summed E-state index contributed by atoms with van der Waals surface area (Å²) in [5.41, 5.74) is 0.767. The van der Waals surface area contributed by atoms with Crippen molar-refractivity contribution in [2.75, 3.05) is 0 Å². The normalized spacial score (nSPS) is 22.2. The molecule has 152 valence electrons. The van der Waals surface area contributed by atoms with Gasteiger partial charge in [0.05, 0.1) is 23.7 Å². The fourth-order valence-electron chi connectivity index (χ4n) is 4.27. The quantitative estimate of drug-likeness (QED) is 0.662. The molecule has 6 nitrogen and oxygen atoms in total. The van der Waals surface area contributed by atoms with Gasteiger partial charge in [-0.3, -0.25) is 4.57 Å². The molecule has 2 heterocycles. The molecule has 0 spiro atoms. The molecule has 1 saturated carbocycles. The number of fused-ring (bicyclic) bond motifs is 1. The minimum atomic E-state index is -0.652. The van der Waals surface area contributed by atoms with E-state index in [0.717, 1.165) is 6.07 Å². The SMILES string of the molecule is N#Cc1ccc(O[C@H]2C[C@H](n3nc4n(c3=O)[C@H](c3cc(F)cc(F)c3)CC4)C2)cc1. The topological polar surface area (TPSA) is 72.8 Å². The van der Waals surface area contributed by atoms with Gasteiger partial charge in [0, 0.05) is 25.3 Å². The Balaban J connectivity index is 1.31. The highest BCUT2D eigenvalue weighted by atomic mass is 19.1. The van der Waals surface area contributed by atoms with Crippen LogP contribution in [0.3, 0.4) is 0 Å². The standard InChI is InChI=1S/C22H18F2N4O2/c23-15-7-14(8-16(24)9-15)20-5-6-21-26-28(22(29)27(20)21)17-10-19(11-17)30-18-3-1-13(12-25)2-4-18/h1-4,7-9,17,19-20H,5-6,10-11H2/t17-,19-,20-/m0/s1. The summed E-state index contributed by atoms with van der Waals surface area (Å²) < 4.78 is 36.2. The summed E-state index contributed by atoms with van der Waals surface area (Å²) in [6.07, 6.45) is 2.45. The van der Waals surface area contributed by atoms with E-state index in [1.165, 1.54) is 16.8 Å². The Kier molecular flexibility index (Phi) is 4.39. The maximum Gasteiger partial charge on any atom is 0.346 e. The number of aryl methyl sites for hydroxylation is 1. The molecule has 2 aliphatic rings. The molecule has 2 aromatic carbocycles. The van der Waals surface area contributed by atoms with Crippen LogP contribution in [-0.4, -0.2) is 20.5 Å². The predicted molar refractivity (Wildman–Crippen MR) is 103 cm³/mol. The van der Waals surface area contributed by atoms with Gasteiger partial charge in [-0.25, -0.2) is 18.3 Å². The van der Waals surface area contributed by atoms with Crippen molar-refractivity contribution in [3.05, 3.63) is 81.5 Å². The third-order valence-electron chi connectivity index (χ3n) is 5.83. The van der Waals surface area contributed by atoms with E-state index in [9.17, 15) is 13.6 Å². The van der Waals surface area contributed by atoms with Gasteiger partial charge in [-0.2, -0.15) is 10.4 Å². The van der Waals surface area contributed by atoms with Crippen molar-refractivity contribution in [1.29, 1.82) is 5.26 Å². The highest BCUT2D eigenvalue weighted by Gasteiger charge is 2.37. The molecular weight excluding hydrogens is 390 g/mol. The van der Waals surface area contributed by atoms with Gasteiger partial charge >= 0.3 is 5.69 Å². The Bertz CT molecular complexity index is 1180. The third kappa shape index (κ3) is 3.16. The first kappa shape index (κ1) is 18.6. The molecule has 0 saturated heterocycles. The van der Waals surface area contributed by atoms with E-state index in [4.69, 9.17) is 10.00 Å². The number of nitrogens with zero attached hydrogens (tertiary/aromatic N) is 4. The van der Waals surface area contributed by atoms with Gasteiger partial charge in [-0.1, -0.05) is 0 Å². The second kappa shape index (κ2) is 7.10. The summed E-state index contributed by atoms with van der Waals surface area (Å²) in [5.74, 6) is 0.0258. The van der Waals surface area contributed by atoms with Crippen LogP contribution >= 0.6 is 0 Å². The Morgan fingerprint density at radius 3 is 2.47 bits per heavy atom. The zero-order chi connectivity index (χ0) is 20.8. The molecular formula is C22H18F2N4O2.